The van der Waals surface area contributed by atoms with E-state index >= 15 is 0 Å². The van der Waals surface area contributed by atoms with Crippen LogP contribution in [0.5, 0.6) is 11.5 Å². The van der Waals surface area contributed by atoms with Gasteiger partial charge < -0.3 is 20.5 Å². The lowest BCUT2D eigenvalue weighted by Crippen LogP contribution is -2.20. The largest absolute Gasteiger partial charge is 0.426 e. The lowest BCUT2D eigenvalue weighted by atomic mass is 10.2. The standard InChI is InChI=1S/C18H16ClN3O4/c19-12-7-14(25-16(23)10-1-2-10)9-15(8-12)26-17(24)11-3-5-13(6-4-11)22-18(20)21/h3-10H,1-2H2,(H4,20,21,22). The third-order valence-corrected chi connectivity index (χ3v) is 3.80. The maximum Gasteiger partial charge on any atom is 0.343 e. The molecular formula is C18H16ClN3O4. The molecule has 2 aromatic rings. The second-order valence-electron chi connectivity index (χ2n) is 5.82. The smallest absolute Gasteiger partial charge is 0.343 e. The molecule has 0 unspecified atom stereocenters. The number of ether oxygens (including phenoxy) is 2. The van der Waals surface area contributed by atoms with Crippen LogP contribution in [0, 0.1) is 11.3 Å². The molecule has 0 aliphatic heterocycles. The Balaban J connectivity index is 1.69. The highest BCUT2D eigenvalue weighted by Crippen LogP contribution is 2.33. The van der Waals surface area contributed by atoms with Gasteiger partial charge in [0.15, 0.2) is 5.96 Å². The van der Waals surface area contributed by atoms with Gasteiger partial charge in [-0.15, -0.1) is 0 Å². The zero-order valence-corrected chi connectivity index (χ0v) is 14.4. The monoisotopic (exact) mass is 373 g/mol. The fourth-order valence-corrected chi connectivity index (χ4v) is 2.40. The van der Waals surface area contributed by atoms with Crippen LogP contribution in [0.4, 0.5) is 5.69 Å². The average molecular weight is 374 g/mol. The molecule has 0 heterocycles. The second-order valence-corrected chi connectivity index (χ2v) is 6.26. The number of nitrogens with two attached hydrogens (primary N) is 1. The molecule has 4 N–H and O–H groups in total. The van der Waals surface area contributed by atoms with Gasteiger partial charge in [-0.1, -0.05) is 11.6 Å². The zero-order valence-electron chi connectivity index (χ0n) is 13.6. The highest BCUT2D eigenvalue weighted by molar-refractivity contribution is 6.30. The number of anilines is 1. The summed E-state index contributed by atoms with van der Waals surface area (Å²) in [6.45, 7) is 0. The Morgan fingerprint density at radius 1 is 1.08 bits per heavy atom. The fraction of sp³-hybridized carbons (Fsp3) is 0.167. The molecule has 0 radical (unpaired) electrons. The van der Waals surface area contributed by atoms with Crippen LogP contribution >= 0.6 is 11.6 Å². The van der Waals surface area contributed by atoms with Crippen LogP contribution in [0.3, 0.4) is 0 Å². The summed E-state index contributed by atoms with van der Waals surface area (Å²) in [5.41, 5.74) is 6.12. The summed E-state index contributed by atoms with van der Waals surface area (Å²) in [5, 5.41) is 10.1. The van der Waals surface area contributed by atoms with E-state index in [0.717, 1.165) is 12.8 Å². The van der Waals surface area contributed by atoms with E-state index in [-0.39, 0.29) is 34.4 Å². The number of carbonyl (C=O) groups is 2. The molecule has 1 aliphatic rings. The van der Waals surface area contributed by atoms with Gasteiger partial charge in [-0.3, -0.25) is 10.2 Å². The summed E-state index contributed by atoms with van der Waals surface area (Å²) < 4.78 is 10.5. The highest BCUT2D eigenvalue weighted by atomic mass is 35.5. The Morgan fingerprint density at radius 3 is 2.27 bits per heavy atom. The molecule has 0 saturated heterocycles. The van der Waals surface area contributed by atoms with E-state index in [4.69, 9.17) is 32.2 Å². The lowest BCUT2D eigenvalue weighted by Gasteiger charge is -2.09. The number of hydrogen-bond acceptors (Lipinski definition) is 5. The second kappa shape index (κ2) is 7.45. The van der Waals surface area contributed by atoms with E-state index in [1.165, 1.54) is 30.3 Å². The molecule has 7 nitrogen and oxygen atoms in total. The van der Waals surface area contributed by atoms with Crippen molar-refractivity contribution < 1.29 is 19.1 Å². The third-order valence-electron chi connectivity index (χ3n) is 3.58. The predicted molar refractivity (Wildman–Crippen MR) is 96.7 cm³/mol. The average Bonchev–Trinajstić information content (AvgIpc) is 3.39. The highest BCUT2D eigenvalue weighted by Gasteiger charge is 2.31. The van der Waals surface area contributed by atoms with E-state index in [0.29, 0.717) is 11.3 Å². The van der Waals surface area contributed by atoms with Crippen molar-refractivity contribution >= 4 is 35.2 Å². The maximum absolute atomic E-state index is 12.3. The van der Waals surface area contributed by atoms with Gasteiger partial charge in [0.1, 0.15) is 11.5 Å². The molecule has 0 aromatic heterocycles. The molecule has 3 rings (SSSR count). The minimum absolute atomic E-state index is 0.0536. The van der Waals surface area contributed by atoms with E-state index < -0.39 is 5.97 Å². The van der Waals surface area contributed by atoms with Crippen LogP contribution < -0.4 is 20.5 Å². The molecule has 8 heteroatoms. The quantitative estimate of drug-likeness (QED) is 0.321. The summed E-state index contributed by atoms with van der Waals surface area (Å²) in [6.07, 6.45) is 1.66. The Bertz CT molecular complexity index is 863. The molecule has 1 fully saturated rings. The molecule has 1 aliphatic carbocycles. The fourth-order valence-electron chi connectivity index (χ4n) is 2.18. The lowest BCUT2D eigenvalue weighted by molar-refractivity contribution is -0.135. The number of benzene rings is 2. The SMILES string of the molecule is N=C(N)Nc1ccc(C(=O)Oc2cc(Cl)cc(OC(=O)C3CC3)c2)cc1. The molecule has 0 bridgehead atoms. The first-order chi connectivity index (χ1) is 12.4. The number of guanidine groups is 1. The van der Waals surface area contributed by atoms with Crippen molar-refractivity contribution in [1.29, 1.82) is 5.41 Å². The molecule has 134 valence electrons. The van der Waals surface area contributed by atoms with Crippen LogP contribution in [0.1, 0.15) is 23.2 Å². The Hall–Kier alpha value is -3.06. The summed E-state index contributed by atoms with van der Waals surface area (Å²) >= 11 is 6.00. The summed E-state index contributed by atoms with van der Waals surface area (Å²) in [5.74, 6) is -0.751. The first kappa shape index (κ1) is 17.8. The number of esters is 2. The van der Waals surface area contributed by atoms with E-state index in [1.807, 2.05) is 0 Å². The van der Waals surface area contributed by atoms with Crippen LogP contribution in [-0.4, -0.2) is 17.9 Å². The van der Waals surface area contributed by atoms with Gasteiger partial charge in [-0.25, -0.2) is 4.79 Å². The van der Waals surface area contributed by atoms with E-state index in [2.05, 4.69) is 5.32 Å². The maximum atomic E-state index is 12.3. The molecule has 2 aromatic carbocycles. The first-order valence-corrected chi connectivity index (χ1v) is 8.24. The molecule has 0 atom stereocenters. The Kier molecular flexibility index (Phi) is 5.09. The third kappa shape index (κ3) is 4.73. The normalized spacial score (nSPS) is 13.0. The van der Waals surface area contributed by atoms with E-state index in [9.17, 15) is 9.59 Å². The molecule has 26 heavy (non-hydrogen) atoms. The topological polar surface area (TPSA) is 114 Å². The first-order valence-electron chi connectivity index (χ1n) is 7.86. The van der Waals surface area contributed by atoms with Gasteiger partial charge in [0.05, 0.1) is 11.5 Å². The van der Waals surface area contributed by atoms with Crippen LogP contribution in [0.2, 0.25) is 5.02 Å². The minimum Gasteiger partial charge on any atom is -0.426 e. The Labute approximate surface area is 154 Å². The van der Waals surface area contributed by atoms with Crippen molar-refractivity contribution in [3.8, 4) is 11.5 Å². The van der Waals surface area contributed by atoms with Crippen LogP contribution in [0.15, 0.2) is 42.5 Å². The van der Waals surface area contributed by atoms with Gasteiger partial charge in [-0.2, -0.15) is 0 Å². The van der Waals surface area contributed by atoms with Crippen LogP contribution in [0.25, 0.3) is 0 Å². The minimum atomic E-state index is -0.596. The van der Waals surface area contributed by atoms with Crippen LogP contribution in [-0.2, 0) is 4.79 Å². The van der Waals surface area contributed by atoms with Crippen molar-refractivity contribution in [2.75, 3.05) is 5.32 Å². The van der Waals surface area contributed by atoms with Crippen molar-refractivity contribution in [2.24, 2.45) is 11.7 Å². The Morgan fingerprint density at radius 2 is 1.69 bits per heavy atom. The van der Waals surface area contributed by atoms with Gasteiger partial charge >= 0.3 is 11.9 Å². The summed E-state index contributed by atoms with van der Waals surface area (Å²) in [7, 11) is 0. The number of carbonyl (C=O) groups excluding carboxylic acids is 2. The van der Waals surface area contributed by atoms with Gasteiger partial charge in [0.25, 0.3) is 0 Å². The van der Waals surface area contributed by atoms with Gasteiger partial charge in [0, 0.05) is 16.8 Å². The summed E-state index contributed by atoms with van der Waals surface area (Å²) in [4.78, 5) is 24.0. The number of hydrogen-bond donors (Lipinski definition) is 3. The molecular weight excluding hydrogens is 358 g/mol. The van der Waals surface area contributed by atoms with Gasteiger partial charge in [-0.05, 0) is 49.2 Å². The van der Waals surface area contributed by atoms with Gasteiger partial charge in [0.2, 0.25) is 0 Å². The number of halogens is 1. The van der Waals surface area contributed by atoms with Crippen molar-refractivity contribution in [3.05, 3.63) is 53.1 Å². The summed E-state index contributed by atoms with van der Waals surface area (Å²) in [6, 6.07) is 10.6. The van der Waals surface area contributed by atoms with Crippen molar-refractivity contribution in [3.63, 3.8) is 0 Å². The molecule has 0 amide bonds. The van der Waals surface area contributed by atoms with Crippen molar-refractivity contribution in [2.45, 2.75) is 12.8 Å². The number of nitrogens with one attached hydrogen (secondary N) is 2. The molecule has 1 saturated carbocycles. The molecule has 0 spiro atoms. The van der Waals surface area contributed by atoms with E-state index in [1.54, 1.807) is 12.1 Å². The van der Waals surface area contributed by atoms with Crippen molar-refractivity contribution in [1.82, 2.24) is 0 Å². The number of rotatable bonds is 5. The predicted octanol–water partition coefficient (Wildman–Crippen LogP) is 3.18. The zero-order chi connectivity index (χ0) is 18.7.